The van der Waals surface area contributed by atoms with Crippen LogP contribution in [0.5, 0.6) is 0 Å². The molecule has 3 aromatic rings. The number of fused-ring (bicyclic) bond motifs is 2. The Morgan fingerprint density at radius 3 is 2.65 bits per heavy atom. The van der Waals surface area contributed by atoms with Gasteiger partial charge >= 0.3 is 0 Å². The Hall–Kier alpha value is -2.96. The van der Waals surface area contributed by atoms with Crippen LogP contribution in [-0.2, 0) is 21.1 Å². The maximum atomic E-state index is 14.1. The van der Waals surface area contributed by atoms with Crippen molar-refractivity contribution in [1.82, 2.24) is 25.2 Å². The zero-order valence-electron chi connectivity index (χ0n) is 21.8. The first-order chi connectivity index (χ1) is 19.4. The highest BCUT2D eigenvalue weighted by molar-refractivity contribution is 9.09. The number of likely N-dealkylation sites (tertiary alicyclic amines) is 1. The number of para-hydroxylation sites is 2. The molecule has 4 heterocycles. The molecule has 12 heteroatoms. The fraction of sp³-hybridized carbons (Fsp3) is 0.464. The van der Waals surface area contributed by atoms with Crippen LogP contribution < -0.4 is 10.6 Å². The third-order valence-corrected chi connectivity index (χ3v) is 11.5. The topological polar surface area (TPSA) is 129 Å². The Morgan fingerprint density at radius 1 is 1.07 bits per heavy atom. The number of carbonyl (C=O) groups excluding carboxylic acids is 3. The quantitative estimate of drug-likeness (QED) is 0.233. The smallest absolute Gasteiger partial charge is 0.245 e. The summed E-state index contributed by atoms with van der Waals surface area (Å²) in [5.74, 6) is -1.75. The standard InChI is InChI=1S/C28H31BrN6O4S/c29-18-15-28-22(21(23(18)40-28)25(37)31-17-9-3-1-4-10-17)27(39)34(13-7-2-8-14-36)24(28)26(38)30-16-35-20-12-6-5-11-19(20)32-33-35/h1,3-6,9-12,18,21-24,36H,2,7-8,13-16H2,(H,30,38)(H,31,37)/t18?,21-,22+,23-,24?,28?/m1/s1. The third-order valence-electron chi connectivity index (χ3n) is 8.26. The van der Waals surface area contributed by atoms with Crippen LogP contribution in [0.2, 0.25) is 0 Å². The number of aromatic nitrogens is 3. The number of thioether (sulfide) groups is 1. The molecule has 2 aromatic carbocycles. The van der Waals surface area contributed by atoms with Crippen molar-refractivity contribution < 1.29 is 19.5 Å². The number of benzene rings is 2. The number of aliphatic hydroxyl groups is 1. The lowest BCUT2D eigenvalue weighted by Gasteiger charge is -2.35. The average Bonchev–Trinajstić information content (AvgIpc) is 3.67. The van der Waals surface area contributed by atoms with Crippen LogP contribution >= 0.6 is 27.7 Å². The molecule has 3 unspecified atom stereocenters. The molecule has 3 amide bonds. The number of alkyl halides is 1. The number of anilines is 1. The molecule has 0 saturated carbocycles. The van der Waals surface area contributed by atoms with Gasteiger partial charge in [-0.2, -0.15) is 0 Å². The third kappa shape index (κ3) is 4.59. The van der Waals surface area contributed by atoms with Crippen molar-refractivity contribution in [2.24, 2.45) is 11.8 Å². The van der Waals surface area contributed by atoms with Crippen molar-refractivity contribution in [1.29, 1.82) is 0 Å². The summed E-state index contributed by atoms with van der Waals surface area (Å²) in [6.07, 6.45) is 2.66. The van der Waals surface area contributed by atoms with Gasteiger partial charge in [-0.3, -0.25) is 14.4 Å². The van der Waals surface area contributed by atoms with Gasteiger partial charge in [-0.15, -0.1) is 16.9 Å². The molecule has 3 aliphatic rings. The summed E-state index contributed by atoms with van der Waals surface area (Å²) in [6, 6.07) is 16.0. The van der Waals surface area contributed by atoms with Gasteiger partial charge in [-0.1, -0.05) is 51.5 Å². The van der Waals surface area contributed by atoms with Crippen molar-refractivity contribution in [2.75, 3.05) is 18.5 Å². The summed E-state index contributed by atoms with van der Waals surface area (Å²) in [5.41, 5.74) is 2.22. The largest absolute Gasteiger partial charge is 0.396 e. The number of hydrogen-bond acceptors (Lipinski definition) is 7. The van der Waals surface area contributed by atoms with Gasteiger partial charge in [-0.05, 0) is 49.9 Å². The van der Waals surface area contributed by atoms with Gasteiger partial charge in [0.2, 0.25) is 17.7 Å². The predicted octanol–water partition coefficient (Wildman–Crippen LogP) is 2.77. The number of nitrogens with zero attached hydrogens (tertiary/aromatic N) is 4. The number of aliphatic hydroxyl groups excluding tert-OH is 1. The lowest BCUT2D eigenvalue weighted by Crippen LogP contribution is -2.54. The van der Waals surface area contributed by atoms with E-state index in [-0.39, 0.29) is 41.1 Å². The first-order valence-corrected chi connectivity index (χ1v) is 15.4. The monoisotopic (exact) mass is 626 g/mol. The van der Waals surface area contributed by atoms with Crippen LogP contribution in [0.3, 0.4) is 0 Å². The second-order valence-corrected chi connectivity index (χ2v) is 13.3. The Balaban J connectivity index is 1.28. The van der Waals surface area contributed by atoms with E-state index in [4.69, 9.17) is 0 Å². The average molecular weight is 628 g/mol. The molecule has 6 rings (SSSR count). The molecule has 3 saturated heterocycles. The van der Waals surface area contributed by atoms with E-state index < -0.39 is 22.6 Å². The van der Waals surface area contributed by atoms with Gasteiger partial charge in [-0.25, -0.2) is 4.68 Å². The molecule has 6 atom stereocenters. The minimum absolute atomic E-state index is 0.00280. The number of hydrogen-bond donors (Lipinski definition) is 3. The van der Waals surface area contributed by atoms with Gasteiger partial charge in [0.1, 0.15) is 18.2 Å². The molecule has 3 fully saturated rings. The van der Waals surface area contributed by atoms with Crippen LogP contribution in [-0.4, -0.2) is 76.7 Å². The van der Waals surface area contributed by atoms with Crippen molar-refractivity contribution in [2.45, 2.75) is 53.2 Å². The first kappa shape index (κ1) is 27.2. The highest BCUT2D eigenvalue weighted by atomic mass is 79.9. The number of unbranched alkanes of at least 4 members (excludes halogenated alkanes) is 2. The Kier molecular flexibility index (Phi) is 7.58. The second-order valence-electron chi connectivity index (χ2n) is 10.6. The summed E-state index contributed by atoms with van der Waals surface area (Å²) in [6.45, 7) is 0.598. The molecule has 0 radical (unpaired) electrons. The zero-order valence-corrected chi connectivity index (χ0v) is 24.2. The number of nitrogens with one attached hydrogen (secondary N) is 2. The summed E-state index contributed by atoms with van der Waals surface area (Å²) >= 11 is 5.41. The van der Waals surface area contributed by atoms with Crippen molar-refractivity contribution in [3.63, 3.8) is 0 Å². The fourth-order valence-electron chi connectivity index (χ4n) is 6.57. The molecule has 3 N–H and O–H groups in total. The maximum absolute atomic E-state index is 14.1. The summed E-state index contributed by atoms with van der Waals surface area (Å²) in [5, 5.41) is 23.5. The summed E-state index contributed by atoms with van der Waals surface area (Å²) in [4.78, 5) is 43.4. The number of halogens is 1. The van der Waals surface area contributed by atoms with Gasteiger partial charge < -0.3 is 20.6 Å². The highest BCUT2D eigenvalue weighted by Crippen LogP contribution is 2.67. The normalized spacial score (nSPS) is 28.7. The van der Waals surface area contributed by atoms with Gasteiger partial charge in [0.05, 0.1) is 22.1 Å². The van der Waals surface area contributed by atoms with E-state index in [1.165, 1.54) is 0 Å². The van der Waals surface area contributed by atoms with Crippen LogP contribution in [0.15, 0.2) is 54.6 Å². The van der Waals surface area contributed by atoms with E-state index in [2.05, 4.69) is 36.9 Å². The van der Waals surface area contributed by atoms with E-state index >= 15 is 0 Å². The molecule has 0 aliphatic carbocycles. The number of amides is 3. The summed E-state index contributed by atoms with van der Waals surface area (Å²) < 4.78 is 0.910. The van der Waals surface area contributed by atoms with E-state index in [9.17, 15) is 19.5 Å². The Bertz CT molecular complexity index is 1420. The minimum Gasteiger partial charge on any atom is -0.396 e. The first-order valence-electron chi connectivity index (χ1n) is 13.6. The molecule has 1 aromatic heterocycles. The molecular weight excluding hydrogens is 596 g/mol. The molecular formula is C28H31BrN6O4S. The number of rotatable bonds is 10. The maximum Gasteiger partial charge on any atom is 0.245 e. The van der Waals surface area contributed by atoms with Crippen molar-refractivity contribution in [3.8, 4) is 0 Å². The molecule has 210 valence electrons. The van der Waals surface area contributed by atoms with E-state index in [0.29, 0.717) is 31.5 Å². The molecule has 2 bridgehead atoms. The molecule has 10 nitrogen and oxygen atoms in total. The SMILES string of the molecule is O=C(NCn1nnc2ccccc21)C1N(CCCCCO)C(=O)[C@@H]2[C@@H](C(=O)Nc3ccccc3)[C@@H]3SC12CC3Br. The van der Waals surface area contributed by atoms with E-state index in [0.717, 1.165) is 17.5 Å². The lowest BCUT2D eigenvalue weighted by atomic mass is 9.70. The van der Waals surface area contributed by atoms with E-state index in [1.54, 1.807) is 21.3 Å². The second kappa shape index (κ2) is 11.1. The van der Waals surface area contributed by atoms with Gasteiger partial charge in [0.25, 0.3) is 0 Å². The number of carbonyl (C=O) groups is 3. The van der Waals surface area contributed by atoms with Crippen LogP contribution in [0.4, 0.5) is 5.69 Å². The van der Waals surface area contributed by atoms with Crippen LogP contribution in [0.25, 0.3) is 11.0 Å². The van der Waals surface area contributed by atoms with Crippen LogP contribution in [0.1, 0.15) is 25.7 Å². The van der Waals surface area contributed by atoms with Gasteiger partial charge in [0, 0.05) is 28.9 Å². The fourth-order valence-corrected chi connectivity index (χ4v) is 10.2. The van der Waals surface area contributed by atoms with E-state index in [1.807, 2.05) is 54.6 Å². The Labute approximate surface area is 244 Å². The van der Waals surface area contributed by atoms with Crippen molar-refractivity contribution in [3.05, 3.63) is 54.6 Å². The highest BCUT2D eigenvalue weighted by Gasteiger charge is 2.75. The Morgan fingerprint density at radius 2 is 1.85 bits per heavy atom. The summed E-state index contributed by atoms with van der Waals surface area (Å²) in [7, 11) is 0. The molecule has 1 spiro atoms. The van der Waals surface area contributed by atoms with Crippen LogP contribution in [0, 0.1) is 11.8 Å². The molecule has 3 aliphatic heterocycles. The van der Waals surface area contributed by atoms with Gasteiger partial charge in [0.15, 0.2) is 0 Å². The molecule has 40 heavy (non-hydrogen) atoms. The lowest BCUT2D eigenvalue weighted by molar-refractivity contribution is -0.139. The zero-order chi connectivity index (χ0) is 27.9. The van der Waals surface area contributed by atoms with Crippen molar-refractivity contribution >= 4 is 62.1 Å². The minimum atomic E-state index is -0.724. The predicted molar refractivity (Wildman–Crippen MR) is 156 cm³/mol.